The number of hydrogen-bond acceptors (Lipinski definition) is 5. The molecule has 0 radical (unpaired) electrons. The van der Waals surface area contributed by atoms with E-state index < -0.39 is 11.3 Å². The van der Waals surface area contributed by atoms with Gasteiger partial charge in [0.05, 0.1) is 16.7 Å². The summed E-state index contributed by atoms with van der Waals surface area (Å²) in [5.41, 5.74) is 1.11. The number of para-hydroxylation sites is 2. The van der Waals surface area contributed by atoms with E-state index in [0.29, 0.717) is 22.7 Å². The van der Waals surface area contributed by atoms with E-state index in [-0.39, 0.29) is 17.7 Å². The number of ether oxygens (including phenoxy) is 1. The van der Waals surface area contributed by atoms with Crippen LogP contribution in [0.25, 0.3) is 33.4 Å². The highest BCUT2D eigenvalue weighted by atomic mass is 16.5. The molecule has 0 aliphatic carbocycles. The minimum atomic E-state index is -0.581. The van der Waals surface area contributed by atoms with Gasteiger partial charge in [-0.3, -0.25) is 0 Å². The predicted molar refractivity (Wildman–Crippen MR) is 96.2 cm³/mol. The average Bonchev–Trinajstić information content (AvgIpc) is 2.67. The molecule has 1 aliphatic rings. The average molecular weight is 344 g/mol. The van der Waals surface area contributed by atoms with Gasteiger partial charge in [-0.05, 0) is 30.3 Å². The molecule has 0 saturated carbocycles. The van der Waals surface area contributed by atoms with Crippen molar-refractivity contribution in [3.8, 4) is 28.2 Å². The van der Waals surface area contributed by atoms with Crippen LogP contribution in [-0.4, -0.2) is 0 Å². The summed E-state index contributed by atoms with van der Waals surface area (Å²) in [4.78, 5) is 25.0. The molecule has 2 aromatic heterocycles. The van der Waals surface area contributed by atoms with Crippen molar-refractivity contribution in [3.63, 3.8) is 0 Å². The molecule has 2 aromatic carbocycles. The topological polar surface area (TPSA) is 69.7 Å². The summed E-state index contributed by atoms with van der Waals surface area (Å²) in [7, 11) is 0. The molecule has 3 heterocycles. The van der Waals surface area contributed by atoms with E-state index in [1.807, 2.05) is 36.4 Å². The van der Waals surface area contributed by atoms with Crippen LogP contribution >= 0.6 is 0 Å². The Morgan fingerprint density at radius 3 is 2.38 bits per heavy atom. The van der Waals surface area contributed by atoms with E-state index >= 15 is 0 Å². The third-order valence-electron chi connectivity index (χ3n) is 4.47. The zero-order valence-electron chi connectivity index (χ0n) is 13.5. The molecule has 0 N–H and O–H groups in total. The van der Waals surface area contributed by atoms with E-state index in [1.54, 1.807) is 24.3 Å². The van der Waals surface area contributed by atoms with E-state index in [9.17, 15) is 9.59 Å². The maximum absolute atomic E-state index is 12.6. The fraction of sp³-hybridized carbons (Fsp3) is 0.0476. The van der Waals surface area contributed by atoms with Gasteiger partial charge in [0.15, 0.2) is 0 Å². The molecule has 0 unspecified atom stereocenters. The summed E-state index contributed by atoms with van der Waals surface area (Å²) in [6.45, 7) is 0.266. The smallest absolute Gasteiger partial charge is 0.344 e. The van der Waals surface area contributed by atoms with Crippen molar-refractivity contribution in [2.24, 2.45) is 0 Å². The second-order valence-corrected chi connectivity index (χ2v) is 6.07. The number of hydrogen-bond donors (Lipinski definition) is 0. The molecule has 5 heteroatoms. The summed E-state index contributed by atoms with van der Waals surface area (Å²) in [5.74, 6) is 1.15. The lowest BCUT2D eigenvalue weighted by Gasteiger charge is -2.19. The Morgan fingerprint density at radius 2 is 1.46 bits per heavy atom. The molecule has 126 valence electrons. The summed E-state index contributed by atoms with van der Waals surface area (Å²) < 4.78 is 16.6. The van der Waals surface area contributed by atoms with Crippen LogP contribution in [0, 0.1) is 0 Å². The molecule has 0 amide bonds. The third-order valence-corrected chi connectivity index (χ3v) is 4.47. The van der Waals surface area contributed by atoms with Crippen LogP contribution in [0.1, 0.15) is 5.56 Å². The van der Waals surface area contributed by atoms with Crippen LogP contribution in [0.3, 0.4) is 0 Å². The zero-order chi connectivity index (χ0) is 17.7. The zero-order valence-corrected chi connectivity index (χ0v) is 13.5. The lowest BCUT2D eigenvalue weighted by Crippen LogP contribution is -2.15. The first-order valence-corrected chi connectivity index (χ1v) is 8.13. The van der Waals surface area contributed by atoms with Crippen molar-refractivity contribution in [1.29, 1.82) is 0 Å². The van der Waals surface area contributed by atoms with Crippen LogP contribution in [0.2, 0.25) is 0 Å². The summed E-state index contributed by atoms with van der Waals surface area (Å²) in [5, 5.41) is 0.737. The quantitative estimate of drug-likeness (QED) is 0.489. The summed E-state index contributed by atoms with van der Waals surface area (Å²) in [6.07, 6.45) is 0. The van der Waals surface area contributed by atoms with E-state index in [0.717, 1.165) is 10.9 Å². The van der Waals surface area contributed by atoms with Gasteiger partial charge in [-0.1, -0.05) is 30.3 Å². The van der Waals surface area contributed by atoms with E-state index in [2.05, 4.69) is 0 Å². The highest BCUT2D eigenvalue weighted by molar-refractivity contribution is 5.82. The summed E-state index contributed by atoms with van der Waals surface area (Å²) >= 11 is 0. The highest BCUT2D eigenvalue weighted by Gasteiger charge is 2.23. The molecule has 0 fully saturated rings. The van der Waals surface area contributed by atoms with Crippen LogP contribution in [0.4, 0.5) is 0 Å². The van der Waals surface area contributed by atoms with Gasteiger partial charge in [0, 0.05) is 10.9 Å². The Balaban J connectivity index is 1.75. The van der Waals surface area contributed by atoms with E-state index in [4.69, 9.17) is 13.6 Å². The van der Waals surface area contributed by atoms with E-state index in [1.165, 1.54) is 0 Å². The monoisotopic (exact) mass is 344 g/mol. The maximum Gasteiger partial charge on any atom is 0.344 e. The largest absolute Gasteiger partial charge is 0.488 e. The molecular formula is C21H12O5. The van der Waals surface area contributed by atoms with Gasteiger partial charge in [-0.2, -0.15) is 0 Å². The molecule has 0 saturated heterocycles. The molecule has 0 spiro atoms. The lowest BCUT2D eigenvalue weighted by molar-refractivity contribution is 0.294. The number of fused-ring (bicyclic) bond motifs is 4. The maximum atomic E-state index is 12.6. The predicted octanol–water partition coefficient (Wildman–Crippen LogP) is 3.97. The second kappa shape index (κ2) is 5.46. The van der Waals surface area contributed by atoms with Gasteiger partial charge in [-0.25, -0.2) is 9.59 Å². The Bertz CT molecular complexity index is 1280. The van der Waals surface area contributed by atoms with Crippen molar-refractivity contribution < 1.29 is 13.6 Å². The first-order chi connectivity index (χ1) is 12.7. The van der Waals surface area contributed by atoms with Crippen molar-refractivity contribution in [2.45, 2.75) is 6.61 Å². The fourth-order valence-electron chi connectivity index (χ4n) is 3.22. The Morgan fingerprint density at radius 1 is 0.731 bits per heavy atom. The summed E-state index contributed by atoms with van der Waals surface area (Å²) in [6, 6.07) is 17.8. The SMILES string of the molecule is O=c1oc2c(cc1-c1cc3ccccc3oc1=O)COc1ccccc1-2. The molecule has 1 aliphatic heterocycles. The molecule has 5 nitrogen and oxygen atoms in total. The minimum absolute atomic E-state index is 0.172. The normalized spacial score (nSPS) is 12.3. The number of rotatable bonds is 1. The van der Waals surface area contributed by atoms with Gasteiger partial charge in [0.25, 0.3) is 0 Å². The van der Waals surface area contributed by atoms with Crippen LogP contribution in [0.5, 0.6) is 5.75 Å². The van der Waals surface area contributed by atoms with Crippen molar-refractivity contribution in [3.05, 3.63) is 87.1 Å². The van der Waals surface area contributed by atoms with Gasteiger partial charge < -0.3 is 13.6 Å². The Labute approximate surface area is 147 Å². The first-order valence-electron chi connectivity index (χ1n) is 8.13. The van der Waals surface area contributed by atoms with Crippen molar-refractivity contribution in [1.82, 2.24) is 0 Å². The number of benzene rings is 2. The van der Waals surface area contributed by atoms with Crippen molar-refractivity contribution >= 4 is 11.0 Å². The third kappa shape index (κ3) is 2.18. The molecule has 5 rings (SSSR count). The first kappa shape index (κ1) is 14.7. The molecular weight excluding hydrogens is 332 g/mol. The van der Waals surface area contributed by atoms with Gasteiger partial charge >= 0.3 is 11.3 Å². The van der Waals surface area contributed by atoms with Crippen molar-refractivity contribution in [2.75, 3.05) is 0 Å². The van der Waals surface area contributed by atoms with Crippen LogP contribution in [0.15, 0.2) is 79.1 Å². The van der Waals surface area contributed by atoms with Crippen LogP contribution < -0.4 is 16.0 Å². The molecule has 0 bridgehead atoms. The second-order valence-electron chi connectivity index (χ2n) is 6.07. The minimum Gasteiger partial charge on any atom is -0.488 e. The fourth-order valence-corrected chi connectivity index (χ4v) is 3.22. The highest BCUT2D eigenvalue weighted by Crippen LogP contribution is 2.37. The molecule has 0 atom stereocenters. The van der Waals surface area contributed by atoms with Gasteiger partial charge in [0.2, 0.25) is 0 Å². The molecule has 4 aromatic rings. The van der Waals surface area contributed by atoms with Gasteiger partial charge in [0.1, 0.15) is 23.7 Å². The van der Waals surface area contributed by atoms with Gasteiger partial charge in [-0.15, -0.1) is 0 Å². The molecule has 26 heavy (non-hydrogen) atoms. The standard InChI is InChI=1S/C21H12O5/c22-20-15(9-12-5-1-3-7-17(12)25-20)16-10-13-11-24-18-8-4-2-6-14(18)19(13)26-21(16)23/h1-10H,11H2. The van der Waals surface area contributed by atoms with Crippen LogP contribution in [-0.2, 0) is 6.61 Å². The Kier molecular flexibility index (Phi) is 3.09. The lowest BCUT2D eigenvalue weighted by atomic mass is 10.0. The Hall–Kier alpha value is -3.60.